The van der Waals surface area contributed by atoms with Gasteiger partial charge in [0.15, 0.2) is 34.5 Å². The quantitative estimate of drug-likeness (QED) is 0.306. The Morgan fingerprint density at radius 2 is 1.51 bits per heavy atom. The smallest absolute Gasteiger partial charge is 0.231 e. The summed E-state index contributed by atoms with van der Waals surface area (Å²) < 4.78 is 34.0. The molecule has 0 unspecified atom stereocenters. The van der Waals surface area contributed by atoms with Crippen molar-refractivity contribution in [3.63, 3.8) is 0 Å². The Hall–Kier alpha value is -2.81. The van der Waals surface area contributed by atoms with Crippen LogP contribution in [0.5, 0.6) is 34.5 Å². The van der Waals surface area contributed by atoms with Crippen LogP contribution in [0, 0.1) is 0 Å². The minimum Gasteiger partial charge on any atom is -0.493 e. The lowest BCUT2D eigenvalue weighted by Gasteiger charge is -2.15. The highest BCUT2D eigenvalue weighted by molar-refractivity contribution is 9.10. The number of hydrogen-bond donors (Lipinski definition) is 1. The van der Waals surface area contributed by atoms with E-state index in [1.165, 1.54) is 5.56 Å². The molecule has 3 aromatic carbocycles. The molecule has 0 amide bonds. The number of rotatable bonds is 11. The molecule has 0 aliphatic carbocycles. The van der Waals surface area contributed by atoms with Gasteiger partial charge in [0.1, 0.15) is 6.61 Å². The molecule has 1 N–H and O–H groups in total. The molecule has 0 bridgehead atoms. The van der Waals surface area contributed by atoms with Gasteiger partial charge in [-0.25, -0.2) is 0 Å². The molecular formula is C26H29BrClNO6. The second-order valence-corrected chi connectivity index (χ2v) is 8.56. The van der Waals surface area contributed by atoms with E-state index in [1.54, 1.807) is 21.3 Å². The minimum absolute atomic E-state index is 0. The molecule has 0 spiro atoms. The highest BCUT2D eigenvalue weighted by Gasteiger charge is 2.15. The molecule has 0 saturated carbocycles. The van der Waals surface area contributed by atoms with Gasteiger partial charge in [0.2, 0.25) is 6.79 Å². The van der Waals surface area contributed by atoms with E-state index in [0.717, 1.165) is 51.6 Å². The van der Waals surface area contributed by atoms with Crippen LogP contribution in [0.2, 0.25) is 0 Å². The first-order valence-electron chi connectivity index (χ1n) is 10.9. The number of ether oxygens (including phenoxy) is 6. The Bertz CT molecular complexity index is 1140. The lowest BCUT2D eigenvalue weighted by atomic mass is 10.1. The van der Waals surface area contributed by atoms with Gasteiger partial charge in [0, 0.05) is 6.54 Å². The second kappa shape index (κ2) is 12.8. The molecule has 3 aromatic rings. The summed E-state index contributed by atoms with van der Waals surface area (Å²) in [7, 11) is 4.93. The van der Waals surface area contributed by atoms with Gasteiger partial charge in [-0.2, -0.15) is 0 Å². The molecule has 0 atom stereocenters. The molecule has 1 heterocycles. The van der Waals surface area contributed by atoms with E-state index in [0.29, 0.717) is 24.7 Å². The van der Waals surface area contributed by atoms with Gasteiger partial charge in [-0.05, 0) is 82.0 Å². The zero-order valence-electron chi connectivity index (χ0n) is 19.9. The summed E-state index contributed by atoms with van der Waals surface area (Å²) >= 11 is 3.63. The summed E-state index contributed by atoms with van der Waals surface area (Å²) in [4.78, 5) is 0. The number of nitrogens with one attached hydrogen (secondary N) is 1. The highest BCUT2D eigenvalue weighted by atomic mass is 79.9. The summed E-state index contributed by atoms with van der Waals surface area (Å²) in [5, 5.41) is 3.48. The maximum absolute atomic E-state index is 6.07. The van der Waals surface area contributed by atoms with E-state index in [-0.39, 0.29) is 19.2 Å². The van der Waals surface area contributed by atoms with Crippen molar-refractivity contribution in [2.75, 3.05) is 34.7 Å². The Morgan fingerprint density at radius 3 is 2.29 bits per heavy atom. The van der Waals surface area contributed by atoms with Crippen molar-refractivity contribution in [2.45, 2.75) is 19.6 Å². The van der Waals surface area contributed by atoms with Crippen LogP contribution < -0.4 is 33.7 Å². The average molecular weight is 567 g/mol. The first-order valence-corrected chi connectivity index (χ1v) is 11.7. The summed E-state index contributed by atoms with van der Waals surface area (Å²) in [6, 6.07) is 15.8. The highest BCUT2D eigenvalue weighted by Crippen LogP contribution is 2.38. The first-order chi connectivity index (χ1) is 16.6. The number of halogens is 2. The van der Waals surface area contributed by atoms with Crippen LogP contribution in [0.25, 0.3) is 0 Å². The minimum atomic E-state index is 0. The molecule has 0 radical (unpaired) electrons. The molecule has 0 fully saturated rings. The predicted octanol–water partition coefficient (Wildman–Crippen LogP) is 5.54. The van der Waals surface area contributed by atoms with Gasteiger partial charge in [-0.3, -0.25) is 0 Å². The maximum Gasteiger partial charge on any atom is 0.231 e. The van der Waals surface area contributed by atoms with Gasteiger partial charge >= 0.3 is 0 Å². The van der Waals surface area contributed by atoms with Crippen molar-refractivity contribution in [1.29, 1.82) is 0 Å². The Labute approximate surface area is 220 Å². The fraction of sp³-hybridized carbons (Fsp3) is 0.308. The van der Waals surface area contributed by atoms with Crippen LogP contribution in [0.15, 0.2) is 53.0 Å². The van der Waals surface area contributed by atoms with Crippen LogP contribution in [-0.4, -0.2) is 34.7 Å². The molecule has 1 aliphatic heterocycles. The van der Waals surface area contributed by atoms with Crippen molar-refractivity contribution >= 4 is 28.3 Å². The number of hydrogen-bond acceptors (Lipinski definition) is 7. The third-order valence-electron chi connectivity index (χ3n) is 5.48. The molecule has 35 heavy (non-hydrogen) atoms. The van der Waals surface area contributed by atoms with E-state index in [4.69, 9.17) is 28.4 Å². The standard InChI is InChI=1S/C26H28BrNO6.ClH/c1-29-21-6-4-17(11-23(21)30-2)8-9-28-14-19-10-20(27)26(25(13-19)31-3)32-15-18-5-7-22-24(12-18)34-16-33-22;/h4-7,10-13,28H,8-9,14-16H2,1-3H3;1H. The van der Waals surface area contributed by atoms with Crippen LogP contribution >= 0.6 is 28.3 Å². The van der Waals surface area contributed by atoms with Gasteiger partial charge in [-0.1, -0.05) is 12.1 Å². The van der Waals surface area contributed by atoms with Crippen molar-refractivity contribution in [3.8, 4) is 34.5 Å². The van der Waals surface area contributed by atoms with E-state index in [1.807, 2.05) is 42.5 Å². The lowest BCUT2D eigenvalue weighted by Crippen LogP contribution is -2.17. The summed E-state index contributed by atoms with van der Waals surface area (Å²) in [6.07, 6.45) is 0.870. The molecule has 1 aliphatic rings. The van der Waals surface area contributed by atoms with Gasteiger partial charge in [0.05, 0.1) is 25.8 Å². The molecule has 4 rings (SSSR count). The molecule has 7 nitrogen and oxygen atoms in total. The average Bonchev–Trinajstić information content (AvgIpc) is 3.33. The van der Waals surface area contributed by atoms with Gasteiger partial charge in [0.25, 0.3) is 0 Å². The van der Waals surface area contributed by atoms with Gasteiger partial charge in [-0.15, -0.1) is 12.4 Å². The second-order valence-electron chi connectivity index (χ2n) is 7.70. The predicted molar refractivity (Wildman–Crippen MR) is 140 cm³/mol. The third-order valence-corrected chi connectivity index (χ3v) is 6.07. The fourth-order valence-electron chi connectivity index (χ4n) is 3.70. The molecule has 9 heteroatoms. The van der Waals surface area contributed by atoms with Gasteiger partial charge < -0.3 is 33.7 Å². The number of methoxy groups -OCH3 is 3. The van der Waals surface area contributed by atoms with Crippen molar-refractivity contribution in [2.24, 2.45) is 0 Å². The number of benzene rings is 3. The van der Waals surface area contributed by atoms with Crippen molar-refractivity contribution in [1.82, 2.24) is 5.32 Å². The Morgan fingerprint density at radius 1 is 0.800 bits per heavy atom. The van der Waals surface area contributed by atoms with E-state index < -0.39 is 0 Å². The van der Waals surface area contributed by atoms with Crippen LogP contribution in [0.1, 0.15) is 16.7 Å². The third kappa shape index (κ3) is 6.66. The normalized spacial score (nSPS) is 11.5. The van der Waals surface area contributed by atoms with E-state index in [2.05, 4.69) is 27.3 Å². The zero-order valence-corrected chi connectivity index (χ0v) is 22.3. The first kappa shape index (κ1) is 26.8. The molecule has 0 aromatic heterocycles. The van der Waals surface area contributed by atoms with Crippen molar-refractivity contribution in [3.05, 3.63) is 69.7 Å². The largest absolute Gasteiger partial charge is 0.493 e. The summed E-state index contributed by atoms with van der Waals surface area (Å²) in [5.41, 5.74) is 3.25. The van der Waals surface area contributed by atoms with Crippen LogP contribution in [0.3, 0.4) is 0 Å². The monoisotopic (exact) mass is 565 g/mol. The summed E-state index contributed by atoms with van der Waals surface area (Å²) in [6.45, 7) is 2.15. The molecule has 0 saturated heterocycles. The maximum atomic E-state index is 6.07. The SMILES string of the molecule is COc1ccc(CCNCc2cc(Br)c(OCc3ccc4c(c3)OCO4)c(OC)c2)cc1OC.Cl. The van der Waals surface area contributed by atoms with E-state index >= 15 is 0 Å². The Kier molecular flexibility index (Phi) is 9.77. The zero-order chi connectivity index (χ0) is 23.9. The van der Waals surface area contributed by atoms with Crippen LogP contribution in [0.4, 0.5) is 0 Å². The Balaban J connectivity index is 0.00000342. The number of fused-ring (bicyclic) bond motifs is 1. The lowest BCUT2D eigenvalue weighted by molar-refractivity contribution is 0.174. The fourth-order valence-corrected chi connectivity index (χ4v) is 4.31. The topological polar surface area (TPSA) is 67.4 Å². The molecule has 188 valence electrons. The summed E-state index contributed by atoms with van der Waals surface area (Å²) in [5.74, 6) is 4.30. The van der Waals surface area contributed by atoms with E-state index in [9.17, 15) is 0 Å². The van der Waals surface area contributed by atoms with Crippen LogP contribution in [-0.2, 0) is 19.6 Å². The molecular weight excluding hydrogens is 538 g/mol. The van der Waals surface area contributed by atoms with Crippen molar-refractivity contribution < 1.29 is 28.4 Å².